The SMILES string of the molecule is CC(=O)OC[C@H]1O[C@@H](NC(=O)[C@@H]2CC[C@H]3OC(C)(C)O[C@H]3O2)[C@@H](OC(C)=O)[C@@H](OC(C)=O)[C@H]1OC(C)=O. The van der Waals surface area contributed by atoms with Crippen molar-refractivity contribution in [3.05, 3.63) is 0 Å². The molecule has 0 aromatic heterocycles. The molecule has 0 aromatic rings. The number of ether oxygens (including phenoxy) is 8. The predicted octanol–water partition coefficient (Wildman–Crippen LogP) is -0.158. The summed E-state index contributed by atoms with van der Waals surface area (Å²) < 4.78 is 44.2. The molecular weight excluding hydrogens is 498 g/mol. The van der Waals surface area contributed by atoms with Crippen LogP contribution >= 0.6 is 0 Å². The number of esters is 4. The number of amides is 1. The van der Waals surface area contributed by atoms with E-state index in [1.54, 1.807) is 13.8 Å². The van der Waals surface area contributed by atoms with Crippen molar-refractivity contribution < 1.29 is 61.9 Å². The smallest absolute Gasteiger partial charge is 0.303 e. The van der Waals surface area contributed by atoms with E-state index in [2.05, 4.69) is 5.32 Å². The van der Waals surface area contributed by atoms with Gasteiger partial charge in [-0.2, -0.15) is 0 Å². The second-order valence-corrected chi connectivity index (χ2v) is 9.37. The highest BCUT2D eigenvalue weighted by Crippen LogP contribution is 2.36. The lowest BCUT2D eigenvalue weighted by Gasteiger charge is -2.44. The molecule has 208 valence electrons. The van der Waals surface area contributed by atoms with E-state index in [-0.39, 0.29) is 6.10 Å². The number of fused-ring (bicyclic) bond motifs is 1. The number of nitrogens with one attached hydrogen (secondary N) is 1. The van der Waals surface area contributed by atoms with Gasteiger partial charge in [0.1, 0.15) is 24.9 Å². The Kier molecular flexibility index (Phi) is 9.10. The Morgan fingerprint density at radius 3 is 1.97 bits per heavy atom. The lowest BCUT2D eigenvalue weighted by Crippen LogP contribution is -2.67. The summed E-state index contributed by atoms with van der Waals surface area (Å²) >= 11 is 0. The van der Waals surface area contributed by atoms with Crippen LogP contribution in [0.1, 0.15) is 54.4 Å². The largest absolute Gasteiger partial charge is 0.463 e. The second-order valence-electron chi connectivity index (χ2n) is 9.37. The van der Waals surface area contributed by atoms with Gasteiger partial charge >= 0.3 is 23.9 Å². The van der Waals surface area contributed by atoms with Crippen molar-refractivity contribution in [2.24, 2.45) is 0 Å². The third-order valence-corrected chi connectivity index (χ3v) is 5.72. The maximum atomic E-state index is 13.2. The van der Waals surface area contributed by atoms with Crippen molar-refractivity contribution in [3.8, 4) is 0 Å². The Morgan fingerprint density at radius 2 is 1.38 bits per heavy atom. The molecule has 1 N–H and O–H groups in total. The fraction of sp³-hybridized carbons (Fsp3) is 0.783. The lowest BCUT2D eigenvalue weighted by atomic mass is 9.96. The van der Waals surface area contributed by atoms with E-state index >= 15 is 0 Å². The number of rotatable bonds is 7. The quantitative estimate of drug-likeness (QED) is 0.340. The molecule has 0 bridgehead atoms. The summed E-state index contributed by atoms with van der Waals surface area (Å²) in [4.78, 5) is 60.3. The van der Waals surface area contributed by atoms with Crippen LogP contribution in [-0.2, 0) is 61.9 Å². The number of carbonyl (C=O) groups excluding carboxylic acids is 5. The topological polar surface area (TPSA) is 171 Å². The maximum Gasteiger partial charge on any atom is 0.303 e. The first-order valence-corrected chi connectivity index (χ1v) is 11.9. The highest BCUT2D eigenvalue weighted by atomic mass is 16.8. The monoisotopic (exact) mass is 531 g/mol. The third kappa shape index (κ3) is 7.60. The number of carbonyl (C=O) groups is 5. The molecule has 8 atom stereocenters. The summed E-state index contributed by atoms with van der Waals surface area (Å²) in [5.41, 5.74) is 0. The van der Waals surface area contributed by atoms with Crippen molar-refractivity contribution in [3.63, 3.8) is 0 Å². The first-order chi connectivity index (χ1) is 17.3. The molecule has 3 saturated heterocycles. The zero-order chi connectivity index (χ0) is 27.5. The first kappa shape index (κ1) is 28.8. The van der Waals surface area contributed by atoms with E-state index in [1.165, 1.54) is 0 Å². The van der Waals surface area contributed by atoms with Crippen molar-refractivity contribution in [2.45, 2.75) is 109 Å². The van der Waals surface area contributed by atoms with E-state index in [0.29, 0.717) is 12.8 Å². The molecule has 3 heterocycles. The summed E-state index contributed by atoms with van der Waals surface area (Å²) in [5, 5.41) is 2.61. The standard InChI is InChI=1S/C23H33NO13/c1-10(25)30-9-16-17(31-11(2)26)18(32-12(3)27)19(33-13(4)28)21(34-16)24-20(29)14-7-8-15-22(35-14)37-23(5,6)36-15/h14-19,21-22H,7-9H2,1-6H3,(H,24,29)/t14-,15+,16+,17-,18-,19-,21+,22+/m0/s1. The Balaban J connectivity index is 1.84. The van der Waals surface area contributed by atoms with E-state index in [1.807, 2.05) is 0 Å². The summed E-state index contributed by atoms with van der Waals surface area (Å²) in [6.07, 6.45) is -7.94. The van der Waals surface area contributed by atoms with Gasteiger partial charge in [0.15, 0.2) is 36.6 Å². The zero-order valence-corrected chi connectivity index (χ0v) is 21.5. The molecule has 0 saturated carbocycles. The minimum absolute atomic E-state index is 0.303. The van der Waals surface area contributed by atoms with Crippen molar-refractivity contribution in [2.75, 3.05) is 6.61 Å². The van der Waals surface area contributed by atoms with Gasteiger partial charge in [0, 0.05) is 27.7 Å². The van der Waals surface area contributed by atoms with Gasteiger partial charge in [-0.05, 0) is 26.7 Å². The van der Waals surface area contributed by atoms with Gasteiger partial charge < -0.3 is 43.2 Å². The van der Waals surface area contributed by atoms with Crippen LogP contribution in [-0.4, -0.2) is 91.3 Å². The van der Waals surface area contributed by atoms with E-state index < -0.39 is 85.2 Å². The van der Waals surface area contributed by atoms with Crippen LogP contribution in [0, 0.1) is 0 Å². The molecule has 3 rings (SSSR count). The molecule has 14 nitrogen and oxygen atoms in total. The summed E-state index contributed by atoms with van der Waals surface area (Å²) in [6, 6.07) is 0. The Hall–Kier alpha value is -2.81. The van der Waals surface area contributed by atoms with E-state index in [4.69, 9.17) is 37.9 Å². The summed E-state index contributed by atoms with van der Waals surface area (Å²) in [7, 11) is 0. The van der Waals surface area contributed by atoms with Gasteiger partial charge in [0.05, 0.1) is 0 Å². The van der Waals surface area contributed by atoms with Gasteiger partial charge in [0.25, 0.3) is 5.91 Å². The van der Waals surface area contributed by atoms with Gasteiger partial charge in [-0.25, -0.2) is 0 Å². The van der Waals surface area contributed by atoms with Crippen LogP contribution in [0.5, 0.6) is 0 Å². The second kappa shape index (κ2) is 11.7. The molecular formula is C23H33NO13. The number of hydrogen-bond donors (Lipinski definition) is 1. The lowest BCUT2D eigenvalue weighted by molar-refractivity contribution is -0.258. The molecule has 0 aromatic carbocycles. The van der Waals surface area contributed by atoms with Crippen molar-refractivity contribution in [1.29, 1.82) is 0 Å². The normalized spacial score (nSPS) is 34.4. The van der Waals surface area contributed by atoms with Crippen LogP contribution < -0.4 is 5.32 Å². The molecule has 0 spiro atoms. The van der Waals surface area contributed by atoms with Crippen molar-refractivity contribution in [1.82, 2.24) is 5.32 Å². The Bertz CT molecular complexity index is 905. The fourth-order valence-electron chi connectivity index (χ4n) is 4.43. The molecule has 1 amide bonds. The molecule has 3 aliphatic heterocycles. The molecule has 14 heteroatoms. The van der Waals surface area contributed by atoms with Gasteiger partial charge in [0.2, 0.25) is 0 Å². The molecule has 0 unspecified atom stereocenters. The summed E-state index contributed by atoms with van der Waals surface area (Å²) in [5.74, 6) is -4.44. The van der Waals surface area contributed by atoms with Gasteiger partial charge in [-0.15, -0.1) is 0 Å². The average Bonchev–Trinajstić information content (AvgIpc) is 3.08. The molecule has 3 fully saturated rings. The minimum Gasteiger partial charge on any atom is -0.463 e. The molecule has 0 aliphatic carbocycles. The summed E-state index contributed by atoms with van der Waals surface area (Å²) in [6.45, 7) is 7.57. The van der Waals surface area contributed by atoms with Crippen LogP contribution in [0.4, 0.5) is 0 Å². The van der Waals surface area contributed by atoms with E-state index in [9.17, 15) is 24.0 Å². The molecule has 0 radical (unpaired) electrons. The molecule has 3 aliphatic rings. The Morgan fingerprint density at radius 1 is 0.784 bits per heavy atom. The Labute approximate surface area is 213 Å². The number of hydrogen-bond acceptors (Lipinski definition) is 13. The van der Waals surface area contributed by atoms with Crippen LogP contribution in [0.25, 0.3) is 0 Å². The zero-order valence-electron chi connectivity index (χ0n) is 21.5. The maximum absolute atomic E-state index is 13.2. The fourth-order valence-corrected chi connectivity index (χ4v) is 4.43. The van der Waals surface area contributed by atoms with Gasteiger partial charge in [-0.3, -0.25) is 24.0 Å². The first-order valence-electron chi connectivity index (χ1n) is 11.9. The highest BCUT2D eigenvalue weighted by Gasteiger charge is 2.53. The average molecular weight is 532 g/mol. The van der Waals surface area contributed by atoms with Gasteiger partial charge in [-0.1, -0.05) is 0 Å². The van der Waals surface area contributed by atoms with Crippen LogP contribution in [0.3, 0.4) is 0 Å². The highest BCUT2D eigenvalue weighted by molar-refractivity contribution is 5.81. The predicted molar refractivity (Wildman–Crippen MR) is 118 cm³/mol. The third-order valence-electron chi connectivity index (χ3n) is 5.72. The van der Waals surface area contributed by atoms with Crippen LogP contribution in [0.15, 0.2) is 0 Å². The van der Waals surface area contributed by atoms with Crippen LogP contribution in [0.2, 0.25) is 0 Å². The van der Waals surface area contributed by atoms with Crippen molar-refractivity contribution >= 4 is 29.8 Å². The molecule has 37 heavy (non-hydrogen) atoms. The minimum atomic E-state index is -1.41. The van der Waals surface area contributed by atoms with E-state index in [0.717, 1.165) is 27.7 Å².